The van der Waals surface area contributed by atoms with Gasteiger partial charge in [0.2, 0.25) is 0 Å². The summed E-state index contributed by atoms with van der Waals surface area (Å²) in [5, 5.41) is 0. The predicted octanol–water partition coefficient (Wildman–Crippen LogP) is 1.99. The highest BCUT2D eigenvalue weighted by atomic mass is 14.0. The van der Waals surface area contributed by atoms with Gasteiger partial charge in [0.15, 0.2) is 0 Å². The summed E-state index contributed by atoms with van der Waals surface area (Å²) in [6, 6.07) is 0. The monoisotopic (exact) mass is 92.1 g/mol. The molecule has 0 rings (SSSR count). The van der Waals surface area contributed by atoms with Crippen molar-refractivity contribution in [1.82, 2.24) is 12.3 Å². The van der Waals surface area contributed by atoms with E-state index in [4.69, 9.17) is 0 Å². The highest BCUT2D eigenvalue weighted by molar-refractivity contribution is 4.20. The lowest BCUT2D eigenvalue weighted by molar-refractivity contribution is 0.737. The molecular weight excluding hydrogens is 76.1 g/mol. The molecule has 6 N–H and O–H groups in total. The maximum atomic E-state index is 2.17. The molecule has 0 aliphatic rings. The van der Waals surface area contributed by atoms with Crippen molar-refractivity contribution in [2.75, 3.05) is 0 Å². The Morgan fingerprint density at radius 3 is 0.833 bits per heavy atom. The second kappa shape index (κ2) is 8.87. The van der Waals surface area contributed by atoms with Gasteiger partial charge in [-0.1, -0.05) is 20.8 Å². The molecule has 0 heterocycles. The van der Waals surface area contributed by atoms with E-state index in [1.54, 1.807) is 0 Å². The summed E-state index contributed by atoms with van der Waals surface area (Å²) in [4.78, 5) is 0. The van der Waals surface area contributed by atoms with Gasteiger partial charge < -0.3 is 12.3 Å². The quantitative estimate of drug-likeness (QED) is 0.479. The van der Waals surface area contributed by atoms with Gasteiger partial charge in [0, 0.05) is 0 Å². The van der Waals surface area contributed by atoms with E-state index >= 15 is 0 Å². The molecule has 2 nitrogen and oxygen atoms in total. The minimum atomic E-state index is 0. The van der Waals surface area contributed by atoms with Gasteiger partial charge in [-0.05, 0) is 5.92 Å². The lowest BCUT2D eigenvalue weighted by Crippen LogP contribution is -1.66. The summed E-state index contributed by atoms with van der Waals surface area (Å²) in [5.41, 5.74) is 0. The molecule has 0 unspecified atom stereocenters. The second-order valence-corrected chi connectivity index (χ2v) is 1.73. The first-order valence-corrected chi connectivity index (χ1v) is 1.73. The van der Waals surface area contributed by atoms with E-state index in [1.165, 1.54) is 0 Å². The first-order valence-electron chi connectivity index (χ1n) is 1.73. The van der Waals surface area contributed by atoms with Gasteiger partial charge in [0.25, 0.3) is 0 Å². The molecule has 0 amide bonds. The zero-order valence-corrected chi connectivity index (χ0v) is 4.99. The van der Waals surface area contributed by atoms with Gasteiger partial charge in [-0.15, -0.1) is 0 Å². The van der Waals surface area contributed by atoms with Gasteiger partial charge in [-0.2, -0.15) is 0 Å². The van der Waals surface area contributed by atoms with Crippen molar-refractivity contribution >= 4 is 0 Å². The van der Waals surface area contributed by atoms with Crippen molar-refractivity contribution in [2.24, 2.45) is 5.92 Å². The third kappa shape index (κ3) is 5220. The van der Waals surface area contributed by atoms with Crippen molar-refractivity contribution in [1.29, 1.82) is 0 Å². The first-order chi connectivity index (χ1) is 1.73. The third-order valence-corrected chi connectivity index (χ3v) is 0. The second-order valence-electron chi connectivity index (χ2n) is 1.73. The van der Waals surface area contributed by atoms with Crippen LogP contribution < -0.4 is 12.3 Å². The Morgan fingerprint density at radius 2 is 0.833 bits per heavy atom. The summed E-state index contributed by atoms with van der Waals surface area (Å²) in [6.45, 7) is 6.50. The number of hydrogen-bond acceptors (Lipinski definition) is 2. The molecule has 0 radical (unpaired) electrons. The van der Waals surface area contributed by atoms with Crippen molar-refractivity contribution in [3.05, 3.63) is 0 Å². The highest BCUT2D eigenvalue weighted by Crippen LogP contribution is 1.81. The van der Waals surface area contributed by atoms with Crippen LogP contribution in [0.3, 0.4) is 0 Å². The Labute approximate surface area is 40.1 Å². The highest BCUT2D eigenvalue weighted by Gasteiger charge is 1.68. The van der Waals surface area contributed by atoms with Crippen LogP contribution in [0.2, 0.25) is 0 Å². The van der Waals surface area contributed by atoms with E-state index in [1.807, 2.05) is 0 Å². The van der Waals surface area contributed by atoms with Gasteiger partial charge in [0.05, 0.1) is 0 Å². The van der Waals surface area contributed by atoms with Gasteiger partial charge in [-0.3, -0.25) is 0 Å². The van der Waals surface area contributed by atoms with E-state index in [0.717, 1.165) is 5.92 Å². The Hall–Kier alpha value is -0.0800. The molecule has 0 spiro atoms. The molecule has 0 aromatic carbocycles. The van der Waals surface area contributed by atoms with E-state index in [-0.39, 0.29) is 12.3 Å². The average molecular weight is 92.2 g/mol. The molecule has 42 valence electrons. The van der Waals surface area contributed by atoms with Crippen molar-refractivity contribution in [2.45, 2.75) is 20.8 Å². The zero-order valence-electron chi connectivity index (χ0n) is 4.99. The van der Waals surface area contributed by atoms with Crippen LogP contribution in [0.1, 0.15) is 20.8 Å². The Morgan fingerprint density at radius 1 is 0.833 bits per heavy atom. The fraction of sp³-hybridized carbons (Fsp3) is 1.00. The molecule has 0 aliphatic carbocycles. The molecule has 0 aromatic rings. The SMILES string of the molecule is CC(C)C.N.N. The molecule has 0 saturated carbocycles. The molecule has 0 fully saturated rings. The van der Waals surface area contributed by atoms with Crippen LogP contribution in [-0.2, 0) is 0 Å². The Balaban J connectivity index is -0.0000000450. The number of rotatable bonds is 0. The van der Waals surface area contributed by atoms with Crippen LogP contribution in [-0.4, -0.2) is 0 Å². The lowest BCUT2D eigenvalue weighted by atomic mass is 10.3. The van der Waals surface area contributed by atoms with Crippen molar-refractivity contribution in [3.63, 3.8) is 0 Å². The smallest absolute Gasteiger partial charge is 0.0500 e. The lowest BCUT2D eigenvalue weighted by Gasteiger charge is -1.79. The van der Waals surface area contributed by atoms with Crippen LogP contribution >= 0.6 is 0 Å². The van der Waals surface area contributed by atoms with Crippen LogP contribution in [0.25, 0.3) is 0 Å². The van der Waals surface area contributed by atoms with Crippen LogP contribution in [0.4, 0.5) is 0 Å². The van der Waals surface area contributed by atoms with E-state index in [9.17, 15) is 0 Å². The van der Waals surface area contributed by atoms with Gasteiger partial charge in [0.1, 0.15) is 0 Å². The molecule has 2 heteroatoms. The van der Waals surface area contributed by atoms with Gasteiger partial charge in [-0.25, -0.2) is 0 Å². The minimum Gasteiger partial charge on any atom is -0.344 e. The molecule has 0 atom stereocenters. The van der Waals surface area contributed by atoms with Crippen LogP contribution in [0, 0.1) is 5.92 Å². The van der Waals surface area contributed by atoms with E-state index in [2.05, 4.69) is 20.8 Å². The zero-order chi connectivity index (χ0) is 3.58. The van der Waals surface area contributed by atoms with Crippen molar-refractivity contribution in [3.8, 4) is 0 Å². The summed E-state index contributed by atoms with van der Waals surface area (Å²) in [5.74, 6) is 0.833. The summed E-state index contributed by atoms with van der Waals surface area (Å²) in [6.07, 6.45) is 0. The molecule has 6 heavy (non-hydrogen) atoms. The fourth-order valence-corrected chi connectivity index (χ4v) is 0. The minimum absolute atomic E-state index is 0. The maximum Gasteiger partial charge on any atom is -0.0500 e. The molecule has 0 saturated heterocycles. The van der Waals surface area contributed by atoms with Crippen molar-refractivity contribution < 1.29 is 0 Å². The molecule has 0 aliphatic heterocycles. The summed E-state index contributed by atoms with van der Waals surface area (Å²) >= 11 is 0. The summed E-state index contributed by atoms with van der Waals surface area (Å²) < 4.78 is 0. The first kappa shape index (κ1) is 16.8. The normalized spacial score (nSPS) is 6.00. The average Bonchev–Trinajstić information content (AvgIpc) is 0.811. The Kier molecular flexibility index (Phi) is 24.8. The Bertz CT molecular complexity index is 10.3. The molecule has 0 bridgehead atoms. The largest absolute Gasteiger partial charge is 0.344 e. The van der Waals surface area contributed by atoms with Gasteiger partial charge >= 0.3 is 0 Å². The molecule has 0 aromatic heterocycles. The topological polar surface area (TPSA) is 70.0 Å². The summed E-state index contributed by atoms with van der Waals surface area (Å²) in [7, 11) is 0. The van der Waals surface area contributed by atoms with E-state index < -0.39 is 0 Å². The maximum absolute atomic E-state index is 2.17. The standard InChI is InChI=1S/C4H10.2H3N/c1-4(2)3;;/h4H,1-3H3;2*1H3. The predicted molar refractivity (Wildman–Crippen MR) is 30.6 cm³/mol. The third-order valence-electron chi connectivity index (χ3n) is 0. The van der Waals surface area contributed by atoms with E-state index in [0.29, 0.717) is 0 Å². The van der Waals surface area contributed by atoms with Crippen LogP contribution in [0.15, 0.2) is 0 Å². The fourth-order valence-electron chi connectivity index (χ4n) is 0. The van der Waals surface area contributed by atoms with Crippen LogP contribution in [0.5, 0.6) is 0 Å². The molecular formula is C4H16N2. The number of hydrogen-bond donors (Lipinski definition) is 2.